The van der Waals surface area contributed by atoms with E-state index in [2.05, 4.69) is 15.0 Å². The number of ketones is 1. The highest BCUT2D eigenvalue weighted by Crippen LogP contribution is 2.33. The number of imidazole rings is 1. The highest BCUT2D eigenvalue weighted by Gasteiger charge is 2.35. The van der Waals surface area contributed by atoms with Gasteiger partial charge >= 0.3 is 6.18 Å². The van der Waals surface area contributed by atoms with E-state index in [-0.39, 0.29) is 18.8 Å². The molecule has 0 aliphatic heterocycles. The molecule has 33 heavy (non-hydrogen) atoms. The molecule has 2 aromatic heterocycles. The normalized spacial score (nSPS) is 11.8. The van der Waals surface area contributed by atoms with Gasteiger partial charge in [-0.05, 0) is 30.3 Å². The molecule has 0 saturated heterocycles. The van der Waals surface area contributed by atoms with Crippen molar-refractivity contribution in [2.75, 3.05) is 31.2 Å². The molecule has 0 fully saturated rings. The maximum Gasteiger partial charge on any atom is 0.417 e. The fourth-order valence-electron chi connectivity index (χ4n) is 3.68. The molecule has 172 valence electrons. The van der Waals surface area contributed by atoms with E-state index in [0.717, 1.165) is 17.8 Å². The number of halogens is 3. The highest BCUT2D eigenvalue weighted by molar-refractivity contribution is 6.10. The number of rotatable bonds is 8. The van der Waals surface area contributed by atoms with Gasteiger partial charge in [0.05, 0.1) is 35.5 Å². The summed E-state index contributed by atoms with van der Waals surface area (Å²) in [4.78, 5) is 25.1. The number of nitrogens with one attached hydrogen (secondary N) is 2. The van der Waals surface area contributed by atoms with Gasteiger partial charge in [-0.3, -0.25) is 4.79 Å². The van der Waals surface area contributed by atoms with Crippen LogP contribution in [0, 0.1) is 0 Å². The summed E-state index contributed by atoms with van der Waals surface area (Å²) in [6.07, 6.45) is -3.28. The van der Waals surface area contributed by atoms with E-state index in [0.29, 0.717) is 35.6 Å². The number of hydrogen-bond donors (Lipinski definition) is 4. The third kappa shape index (κ3) is 4.62. The summed E-state index contributed by atoms with van der Waals surface area (Å²) in [6, 6.07) is 11.6. The van der Waals surface area contributed by atoms with E-state index in [9.17, 15) is 28.2 Å². The number of carbonyl (C=O) groups excluding carboxylic acids is 1. The van der Waals surface area contributed by atoms with Crippen LogP contribution in [-0.4, -0.2) is 57.3 Å². The molecule has 7 nitrogen and oxygen atoms in total. The number of aliphatic hydroxyl groups is 2. The van der Waals surface area contributed by atoms with Crippen molar-refractivity contribution in [1.82, 2.24) is 15.0 Å². The van der Waals surface area contributed by atoms with Crippen LogP contribution in [0.25, 0.3) is 22.6 Å². The number of H-pyrrole nitrogens is 2. The van der Waals surface area contributed by atoms with Gasteiger partial charge in [0.15, 0.2) is 11.6 Å². The number of nitrogens with zero attached hydrogens (tertiary/aromatic N) is 2. The molecule has 2 heterocycles. The zero-order chi connectivity index (χ0) is 23.6. The average Bonchev–Trinajstić information content (AvgIpc) is 3.44. The first-order chi connectivity index (χ1) is 15.8. The number of alkyl halides is 3. The van der Waals surface area contributed by atoms with Crippen molar-refractivity contribution in [3.05, 3.63) is 71.4 Å². The average molecular weight is 458 g/mol. The Balaban J connectivity index is 1.64. The second kappa shape index (κ2) is 9.08. The molecule has 10 heteroatoms. The van der Waals surface area contributed by atoms with Crippen LogP contribution in [0.2, 0.25) is 0 Å². The molecule has 4 N–H and O–H groups in total. The fraction of sp³-hybridized carbons (Fsp3) is 0.217. The number of aromatic nitrogens is 3. The van der Waals surface area contributed by atoms with Gasteiger partial charge in [0.25, 0.3) is 0 Å². The van der Waals surface area contributed by atoms with E-state index in [4.69, 9.17) is 0 Å². The number of fused-ring (bicyclic) bond motifs is 1. The van der Waals surface area contributed by atoms with E-state index in [1.54, 1.807) is 6.07 Å². The van der Waals surface area contributed by atoms with E-state index in [1.165, 1.54) is 24.4 Å². The van der Waals surface area contributed by atoms with Gasteiger partial charge in [-0.25, -0.2) is 4.98 Å². The Morgan fingerprint density at radius 3 is 2.45 bits per heavy atom. The monoisotopic (exact) mass is 458 g/mol. The molecular formula is C23H21F3N4O3. The Hall–Kier alpha value is -3.63. The lowest BCUT2D eigenvalue weighted by Crippen LogP contribution is -2.29. The molecule has 0 radical (unpaired) electrons. The second-order valence-corrected chi connectivity index (χ2v) is 7.40. The minimum atomic E-state index is -4.64. The highest BCUT2D eigenvalue weighted by atomic mass is 19.4. The lowest BCUT2D eigenvalue weighted by molar-refractivity contribution is -0.137. The Labute approximate surface area is 186 Å². The van der Waals surface area contributed by atoms with Crippen molar-refractivity contribution in [2.45, 2.75) is 6.18 Å². The Bertz CT molecular complexity index is 1270. The quantitative estimate of drug-likeness (QED) is 0.302. The molecule has 4 rings (SSSR count). The Morgan fingerprint density at radius 2 is 1.76 bits per heavy atom. The summed E-state index contributed by atoms with van der Waals surface area (Å²) in [7, 11) is 0. The molecule has 0 amide bonds. The summed E-state index contributed by atoms with van der Waals surface area (Å²) in [5, 5.41) is 18.5. The summed E-state index contributed by atoms with van der Waals surface area (Å²) in [5.41, 5.74) is 1.25. The van der Waals surface area contributed by atoms with Gasteiger partial charge in [0, 0.05) is 36.1 Å². The molecule has 0 bridgehead atoms. The number of carbonyl (C=O) groups is 1. The largest absolute Gasteiger partial charge is 0.417 e. The maximum atomic E-state index is 13.3. The molecular weight excluding hydrogens is 437 g/mol. The van der Waals surface area contributed by atoms with Crippen molar-refractivity contribution in [1.29, 1.82) is 0 Å². The standard InChI is InChI=1S/C23H21F3N4O3/c24-23(25,26)17-4-2-1-3-16(17)21(33)14-11-20(27-13-14)22-28-18-6-5-15(12-19(18)29-22)30(7-9-31)8-10-32/h1-6,11-13,27,31-32H,7-10H2,(H,28,29). The summed E-state index contributed by atoms with van der Waals surface area (Å²) >= 11 is 0. The minimum Gasteiger partial charge on any atom is -0.395 e. The van der Waals surface area contributed by atoms with Crippen molar-refractivity contribution < 1.29 is 28.2 Å². The van der Waals surface area contributed by atoms with Gasteiger partial charge in [-0.15, -0.1) is 0 Å². The van der Waals surface area contributed by atoms with Crippen LogP contribution in [0.4, 0.5) is 18.9 Å². The van der Waals surface area contributed by atoms with Crippen molar-refractivity contribution >= 4 is 22.5 Å². The van der Waals surface area contributed by atoms with Crippen LogP contribution in [0.1, 0.15) is 21.5 Å². The maximum absolute atomic E-state index is 13.3. The van der Waals surface area contributed by atoms with Gasteiger partial charge in [-0.2, -0.15) is 13.2 Å². The van der Waals surface area contributed by atoms with Crippen LogP contribution in [0.3, 0.4) is 0 Å². The third-order valence-electron chi connectivity index (χ3n) is 5.25. The van der Waals surface area contributed by atoms with Crippen molar-refractivity contribution in [3.63, 3.8) is 0 Å². The number of hydrogen-bond acceptors (Lipinski definition) is 5. The Kier molecular flexibility index (Phi) is 6.21. The first kappa shape index (κ1) is 22.6. The Morgan fingerprint density at radius 1 is 1.03 bits per heavy atom. The zero-order valence-electron chi connectivity index (χ0n) is 17.4. The summed E-state index contributed by atoms with van der Waals surface area (Å²) in [6.45, 7) is 0.579. The minimum absolute atomic E-state index is 0.0665. The SMILES string of the molecule is O=C(c1c[nH]c(-c2nc3ccc(N(CCO)CCO)cc3[nH]2)c1)c1ccccc1C(F)(F)F. The predicted molar refractivity (Wildman–Crippen MR) is 117 cm³/mol. The molecule has 0 aliphatic rings. The van der Waals surface area contributed by atoms with Crippen LogP contribution in [-0.2, 0) is 6.18 Å². The molecule has 0 unspecified atom stereocenters. The first-order valence-electron chi connectivity index (χ1n) is 10.2. The van der Waals surface area contributed by atoms with Crippen molar-refractivity contribution in [3.8, 4) is 11.5 Å². The number of aromatic amines is 2. The second-order valence-electron chi connectivity index (χ2n) is 7.40. The molecule has 2 aromatic carbocycles. The van der Waals surface area contributed by atoms with E-state index < -0.39 is 23.1 Å². The molecule has 0 aliphatic carbocycles. The van der Waals surface area contributed by atoms with Gasteiger partial charge in [0.2, 0.25) is 0 Å². The topological polar surface area (TPSA) is 105 Å². The van der Waals surface area contributed by atoms with Crippen LogP contribution >= 0.6 is 0 Å². The summed E-state index contributed by atoms with van der Waals surface area (Å²) < 4.78 is 39.9. The molecule has 0 spiro atoms. The van der Waals surface area contributed by atoms with Crippen molar-refractivity contribution in [2.24, 2.45) is 0 Å². The summed E-state index contributed by atoms with van der Waals surface area (Å²) in [5.74, 6) is -0.325. The van der Waals surface area contributed by atoms with E-state index in [1.807, 2.05) is 17.0 Å². The zero-order valence-corrected chi connectivity index (χ0v) is 17.4. The van der Waals surface area contributed by atoms with Crippen LogP contribution in [0.5, 0.6) is 0 Å². The van der Waals surface area contributed by atoms with Gasteiger partial charge in [0.1, 0.15) is 0 Å². The number of anilines is 1. The molecule has 4 aromatic rings. The smallest absolute Gasteiger partial charge is 0.395 e. The van der Waals surface area contributed by atoms with Gasteiger partial charge in [-0.1, -0.05) is 18.2 Å². The number of benzene rings is 2. The molecule has 0 saturated carbocycles. The van der Waals surface area contributed by atoms with Crippen LogP contribution < -0.4 is 4.90 Å². The lowest BCUT2D eigenvalue weighted by Gasteiger charge is -2.22. The van der Waals surface area contributed by atoms with E-state index >= 15 is 0 Å². The number of aliphatic hydroxyl groups excluding tert-OH is 2. The first-order valence-corrected chi connectivity index (χ1v) is 10.2. The fourth-order valence-corrected chi connectivity index (χ4v) is 3.68. The predicted octanol–water partition coefficient (Wildman–Crippen LogP) is 3.60. The molecule has 0 atom stereocenters. The van der Waals surface area contributed by atoms with Gasteiger partial charge < -0.3 is 25.1 Å². The van der Waals surface area contributed by atoms with Crippen LogP contribution in [0.15, 0.2) is 54.7 Å². The lowest BCUT2D eigenvalue weighted by atomic mass is 9.99. The third-order valence-corrected chi connectivity index (χ3v) is 5.25.